The summed E-state index contributed by atoms with van der Waals surface area (Å²) < 4.78 is 0. The van der Waals surface area contributed by atoms with E-state index in [1.54, 1.807) is 11.0 Å². The molecule has 1 saturated carbocycles. The van der Waals surface area contributed by atoms with E-state index in [9.17, 15) is 0 Å². The minimum Gasteiger partial charge on any atom is -0.308 e. The van der Waals surface area contributed by atoms with Gasteiger partial charge in [-0.1, -0.05) is 11.6 Å². The molecule has 0 radical (unpaired) electrons. The molecule has 2 aromatic rings. The molecule has 0 saturated heterocycles. The molecule has 0 spiro atoms. The Labute approximate surface area is 105 Å². The molecule has 0 amide bonds. The molecule has 0 unspecified atom stereocenters. The van der Waals surface area contributed by atoms with Gasteiger partial charge in [-0.3, -0.25) is 0 Å². The molecule has 88 valence electrons. The average Bonchev–Trinajstić information content (AvgIpc) is 3.06. The topological polar surface area (TPSA) is 42.7 Å². The molecule has 4 nitrogen and oxygen atoms in total. The summed E-state index contributed by atoms with van der Waals surface area (Å²) in [6, 6.07) is 8.17. The lowest BCUT2D eigenvalue weighted by atomic mass is 10.3. The van der Waals surface area contributed by atoms with Crippen molar-refractivity contribution in [1.82, 2.24) is 20.3 Å². The van der Waals surface area contributed by atoms with Crippen molar-refractivity contribution in [2.45, 2.75) is 25.4 Å². The second-order valence-electron chi connectivity index (χ2n) is 4.26. The van der Waals surface area contributed by atoms with Crippen molar-refractivity contribution in [3.8, 4) is 5.69 Å². The summed E-state index contributed by atoms with van der Waals surface area (Å²) in [6.07, 6.45) is 4.36. The number of hydrogen-bond donors (Lipinski definition) is 1. The first-order chi connectivity index (χ1) is 8.31. The molecule has 3 rings (SSSR count). The minimum absolute atomic E-state index is 0.690. The van der Waals surface area contributed by atoms with Crippen LogP contribution in [0.15, 0.2) is 30.5 Å². The molecule has 0 aliphatic heterocycles. The summed E-state index contributed by atoms with van der Waals surface area (Å²) in [5.41, 5.74) is 1.89. The number of nitrogens with zero attached hydrogens (tertiary/aromatic N) is 3. The number of halogens is 1. The lowest BCUT2D eigenvalue weighted by Crippen LogP contribution is -2.15. The SMILES string of the molecule is Clc1ccc(-n2ncc(CNC3CC3)n2)cc1. The van der Waals surface area contributed by atoms with E-state index < -0.39 is 0 Å². The summed E-state index contributed by atoms with van der Waals surface area (Å²) in [4.78, 5) is 1.63. The Morgan fingerprint density at radius 2 is 2.06 bits per heavy atom. The van der Waals surface area contributed by atoms with Crippen LogP contribution >= 0.6 is 11.6 Å². The minimum atomic E-state index is 0.690. The summed E-state index contributed by atoms with van der Waals surface area (Å²) in [6.45, 7) is 0.790. The zero-order chi connectivity index (χ0) is 11.7. The summed E-state index contributed by atoms with van der Waals surface area (Å²) in [5, 5.41) is 12.8. The Hall–Kier alpha value is -1.39. The second-order valence-corrected chi connectivity index (χ2v) is 4.69. The summed E-state index contributed by atoms with van der Waals surface area (Å²) >= 11 is 5.84. The third-order valence-electron chi connectivity index (χ3n) is 2.75. The van der Waals surface area contributed by atoms with Crippen LogP contribution in [0.3, 0.4) is 0 Å². The van der Waals surface area contributed by atoms with E-state index >= 15 is 0 Å². The maximum absolute atomic E-state index is 5.84. The Morgan fingerprint density at radius 1 is 1.29 bits per heavy atom. The fourth-order valence-electron chi connectivity index (χ4n) is 1.61. The lowest BCUT2D eigenvalue weighted by Gasteiger charge is -1.99. The zero-order valence-electron chi connectivity index (χ0n) is 9.31. The van der Waals surface area contributed by atoms with Crippen LogP contribution in [0, 0.1) is 0 Å². The average molecular weight is 249 g/mol. The van der Waals surface area contributed by atoms with Crippen LogP contribution in [0.25, 0.3) is 5.69 Å². The summed E-state index contributed by atoms with van der Waals surface area (Å²) in [7, 11) is 0. The third-order valence-corrected chi connectivity index (χ3v) is 3.00. The first-order valence-corrected chi connectivity index (χ1v) is 6.09. The van der Waals surface area contributed by atoms with Gasteiger partial charge in [0, 0.05) is 17.6 Å². The molecule has 1 aromatic heterocycles. The number of nitrogens with one attached hydrogen (secondary N) is 1. The first kappa shape index (κ1) is 10.7. The molecule has 1 aliphatic rings. The predicted octanol–water partition coefficient (Wildman–Crippen LogP) is 2.17. The molecule has 1 fully saturated rings. The van der Waals surface area contributed by atoms with Crippen LogP contribution in [0.5, 0.6) is 0 Å². The van der Waals surface area contributed by atoms with Gasteiger partial charge >= 0.3 is 0 Å². The van der Waals surface area contributed by atoms with E-state index in [1.807, 2.05) is 24.3 Å². The quantitative estimate of drug-likeness (QED) is 0.902. The zero-order valence-corrected chi connectivity index (χ0v) is 10.1. The summed E-state index contributed by atoms with van der Waals surface area (Å²) in [5.74, 6) is 0. The molecule has 0 bridgehead atoms. The van der Waals surface area contributed by atoms with Crippen molar-refractivity contribution in [1.29, 1.82) is 0 Å². The highest BCUT2D eigenvalue weighted by Gasteiger charge is 2.20. The Morgan fingerprint density at radius 3 is 2.76 bits per heavy atom. The van der Waals surface area contributed by atoms with E-state index in [1.165, 1.54) is 12.8 Å². The Balaban J connectivity index is 1.72. The Kier molecular flexibility index (Phi) is 2.82. The third kappa shape index (κ3) is 2.65. The van der Waals surface area contributed by atoms with Gasteiger partial charge in [0.1, 0.15) is 0 Å². The van der Waals surface area contributed by atoms with Gasteiger partial charge in [-0.2, -0.15) is 15.0 Å². The first-order valence-electron chi connectivity index (χ1n) is 5.72. The fraction of sp³-hybridized carbons (Fsp3) is 0.333. The van der Waals surface area contributed by atoms with Gasteiger partial charge in [0.15, 0.2) is 0 Å². The van der Waals surface area contributed by atoms with Gasteiger partial charge in [-0.25, -0.2) is 0 Å². The van der Waals surface area contributed by atoms with E-state index in [2.05, 4.69) is 15.5 Å². The molecular weight excluding hydrogens is 236 g/mol. The highest BCUT2D eigenvalue weighted by molar-refractivity contribution is 6.30. The van der Waals surface area contributed by atoms with Crippen molar-refractivity contribution < 1.29 is 0 Å². The standard InChI is InChI=1S/C12H13ClN4/c13-9-1-5-12(6-2-9)17-15-8-11(16-17)7-14-10-3-4-10/h1-2,5-6,8,10,14H,3-4,7H2. The molecule has 1 N–H and O–H groups in total. The van der Waals surface area contributed by atoms with E-state index in [-0.39, 0.29) is 0 Å². The number of hydrogen-bond acceptors (Lipinski definition) is 3. The van der Waals surface area contributed by atoms with E-state index in [0.717, 1.165) is 22.9 Å². The van der Waals surface area contributed by atoms with Gasteiger partial charge in [0.2, 0.25) is 0 Å². The van der Waals surface area contributed by atoms with E-state index in [4.69, 9.17) is 11.6 Å². The molecular formula is C12H13ClN4. The van der Waals surface area contributed by atoms with Crippen molar-refractivity contribution >= 4 is 11.6 Å². The van der Waals surface area contributed by atoms with Crippen LogP contribution in [0.4, 0.5) is 0 Å². The van der Waals surface area contributed by atoms with Crippen molar-refractivity contribution in [3.05, 3.63) is 41.2 Å². The van der Waals surface area contributed by atoms with Gasteiger partial charge in [-0.15, -0.1) is 0 Å². The molecule has 17 heavy (non-hydrogen) atoms. The molecule has 1 aliphatic carbocycles. The van der Waals surface area contributed by atoms with Crippen LogP contribution in [-0.2, 0) is 6.54 Å². The highest BCUT2D eigenvalue weighted by Crippen LogP contribution is 2.19. The number of benzene rings is 1. The largest absolute Gasteiger partial charge is 0.308 e. The van der Waals surface area contributed by atoms with Crippen LogP contribution < -0.4 is 5.32 Å². The fourth-order valence-corrected chi connectivity index (χ4v) is 1.74. The van der Waals surface area contributed by atoms with Crippen LogP contribution in [-0.4, -0.2) is 21.0 Å². The number of aromatic nitrogens is 3. The maximum Gasteiger partial charge on any atom is 0.0969 e. The predicted molar refractivity (Wildman–Crippen MR) is 66.2 cm³/mol. The van der Waals surface area contributed by atoms with Gasteiger partial charge in [-0.05, 0) is 37.1 Å². The van der Waals surface area contributed by atoms with Gasteiger partial charge in [0.25, 0.3) is 0 Å². The van der Waals surface area contributed by atoms with Crippen molar-refractivity contribution in [2.24, 2.45) is 0 Å². The van der Waals surface area contributed by atoms with Gasteiger partial charge < -0.3 is 5.32 Å². The van der Waals surface area contributed by atoms with Crippen molar-refractivity contribution in [3.63, 3.8) is 0 Å². The van der Waals surface area contributed by atoms with E-state index in [0.29, 0.717) is 6.04 Å². The lowest BCUT2D eigenvalue weighted by molar-refractivity contribution is 0.658. The molecule has 5 heteroatoms. The van der Waals surface area contributed by atoms with Gasteiger partial charge in [0.05, 0.1) is 17.6 Å². The van der Waals surface area contributed by atoms with Crippen LogP contribution in [0.2, 0.25) is 5.02 Å². The molecule has 1 heterocycles. The van der Waals surface area contributed by atoms with Crippen molar-refractivity contribution in [2.75, 3.05) is 0 Å². The second kappa shape index (κ2) is 4.47. The maximum atomic E-state index is 5.84. The number of rotatable bonds is 4. The normalized spacial score (nSPS) is 15.1. The molecule has 0 atom stereocenters. The van der Waals surface area contributed by atoms with Crippen LogP contribution in [0.1, 0.15) is 18.5 Å². The monoisotopic (exact) mass is 248 g/mol. The molecule has 1 aromatic carbocycles. The Bertz CT molecular complexity index is 501. The smallest absolute Gasteiger partial charge is 0.0969 e. The highest BCUT2D eigenvalue weighted by atomic mass is 35.5.